The highest BCUT2D eigenvalue weighted by atomic mass is 16.5. The predicted molar refractivity (Wildman–Crippen MR) is 102 cm³/mol. The van der Waals surface area contributed by atoms with E-state index >= 15 is 0 Å². The van der Waals surface area contributed by atoms with Gasteiger partial charge in [-0.05, 0) is 50.1 Å². The Balaban J connectivity index is 1.90. The van der Waals surface area contributed by atoms with Gasteiger partial charge in [0.05, 0.1) is 24.3 Å². The predicted octanol–water partition coefficient (Wildman–Crippen LogP) is 3.52. The second-order valence-electron chi connectivity index (χ2n) is 7.14. The van der Waals surface area contributed by atoms with E-state index < -0.39 is 17.4 Å². The second kappa shape index (κ2) is 7.78. The Morgan fingerprint density at radius 2 is 2.07 bits per heavy atom. The third-order valence-corrected chi connectivity index (χ3v) is 5.31. The Labute approximate surface area is 158 Å². The number of nitrogens with zero attached hydrogens (tertiary/aromatic N) is 1. The zero-order valence-electron chi connectivity index (χ0n) is 15.6. The fraction of sp³-hybridized carbons (Fsp3) is 0.381. The maximum atomic E-state index is 12.9. The van der Waals surface area contributed by atoms with Crippen molar-refractivity contribution in [2.75, 3.05) is 7.11 Å². The third-order valence-electron chi connectivity index (χ3n) is 5.31. The number of carboxylic acids is 1. The van der Waals surface area contributed by atoms with Crippen molar-refractivity contribution < 1.29 is 19.4 Å². The molecule has 0 radical (unpaired) electrons. The zero-order valence-corrected chi connectivity index (χ0v) is 15.6. The summed E-state index contributed by atoms with van der Waals surface area (Å²) in [5.41, 5.74) is 1.12. The Hall–Kier alpha value is -2.89. The molecule has 1 fully saturated rings. The number of aliphatic carboxylic acids is 1. The number of rotatable bonds is 5. The van der Waals surface area contributed by atoms with Crippen molar-refractivity contribution in [1.29, 1.82) is 0 Å². The van der Waals surface area contributed by atoms with Gasteiger partial charge in [0.1, 0.15) is 5.75 Å². The number of methoxy groups -OCH3 is 1. The summed E-state index contributed by atoms with van der Waals surface area (Å²) in [7, 11) is 1.57. The molecule has 1 amide bonds. The molecule has 2 N–H and O–H groups in total. The first kappa shape index (κ1) is 18.9. The maximum Gasteiger partial charge on any atom is 0.308 e. The summed E-state index contributed by atoms with van der Waals surface area (Å²) in [6.45, 7) is 1.83. The summed E-state index contributed by atoms with van der Waals surface area (Å²) in [4.78, 5) is 28.9. The number of carbonyl (C=O) groups excluding carboxylic acids is 1. The first-order valence-electron chi connectivity index (χ1n) is 9.09. The lowest BCUT2D eigenvalue weighted by Crippen LogP contribution is -2.55. The van der Waals surface area contributed by atoms with Crippen molar-refractivity contribution >= 4 is 11.9 Å². The van der Waals surface area contributed by atoms with E-state index in [9.17, 15) is 14.7 Å². The van der Waals surface area contributed by atoms with Crippen LogP contribution in [0, 0.1) is 5.92 Å². The van der Waals surface area contributed by atoms with E-state index in [1.54, 1.807) is 31.5 Å². The number of benzene rings is 1. The first-order chi connectivity index (χ1) is 12.9. The molecule has 0 saturated heterocycles. The Bertz CT molecular complexity index is 837. The van der Waals surface area contributed by atoms with E-state index in [-0.39, 0.29) is 5.91 Å². The van der Waals surface area contributed by atoms with Gasteiger partial charge in [0, 0.05) is 17.3 Å². The fourth-order valence-electron chi connectivity index (χ4n) is 3.78. The molecule has 1 aliphatic carbocycles. The van der Waals surface area contributed by atoms with E-state index in [0.29, 0.717) is 35.4 Å². The highest BCUT2D eigenvalue weighted by molar-refractivity contribution is 5.96. The normalized spacial score (nSPS) is 22.1. The van der Waals surface area contributed by atoms with Crippen molar-refractivity contribution in [2.45, 2.75) is 38.1 Å². The number of hydrogen-bond donors (Lipinski definition) is 2. The van der Waals surface area contributed by atoms with Crippen LogP contribution in [0.25, 0.3) is 11.3 Å². The van der Waals surface area contributed by atoms with Gasteiger partial charge in [-0.3, -0.25) is 14.6 Å². The molecule has 3 rings (SSSR count). The minimum atomic E-state index is -0.860. The van der Waals surface area contributed by atoms with E-state index in [1.807, 2.05) is 25.1 Å². The maximum absolute atomic E-state index is 12.9. The SMILES string of the molecule is COc1ccc(C(=O)NC2(C)CCCCC2C(=O)O)cc1-c1ccccn1. The molecule has 1 heterocycles. The monoisotopic (exact) mass is 368 g/mol. The van der Waals surface area contributed by atoms with E-state index in [1.165, 1.54) is 0 Å². The minimum Gasteiger partial charge on any atom is -0.496 e. The van der Waals surface area contributed by atoms with Gasteiger partial charge in [0.25, 0.3) is 5.91 Å². The second-order valence-corrected chi connectivity index (χ2v) is 7.14. The van der Waals surface area contributed by atoms with Crippen molar-refractivity contribution in [3.8, 4) is 17.0 Å². The molecule has 0 aliphatic heterocycles. The molecule has 2 unspecified atom stereocenters. The number of carbonyl (C=O) groups is 2. The van der Waals surface area contributed by atoms with E-state index in [4.69, 9.17) is 4.74 Å². The van der Waals surface area contributed by atoms with Gasteiger partial charge in [-0.25, -0.2) is 0 Å². The van der Waals surface area contributed by atoms with Gasteiger partial charge < -0.3 is 15.2 Å². The zero-order chi connectivity index (χ0) is 19.4. The van der Waals surface area contributed by atoms with Crippen LogP contribution in [-0.2, 0) is 4.79 Å². The van der Waals surface area contributed by atoms with Crippen LogP contribution in [0.2, 0.25) is 0 Å². The molecule has 142 valence electrons. The van der Waals surface area contributed by atoms with Crippen LogP contribution in [0.1, 0.15) is 43.0 Å². The number of ether oxygens (including phenoxy) is 1. The first-order valence-corrected chi connectivity index (χ1v) is 9.09. The van der Waals surface area contributed by atoms with E-state index in [2.05, 4.69) is 10.3 Å². The van der Waals surface area contributed by atoms with Crippen molar-refractivity contribution in [2.24, 2.45) is 5.92 Å². The molecular formula is C21H24N2O4. The van der Waals surface area contributed by atoms with Crippen LogP contribution in [0.15, 0.2) is 42.6 Å². The van der Waals surface area contributed by atoms with Gasteiger partial charge in [-0.15, -0.1) is 0 Å². The van der Waals surface area contributed by atoms with Gasteiger partial charge >= 0.3 is 5.97 Å². The molecule has 6 heteroatoms. The van der Waals surface area contributed by atoms with Crippen LogP contribution in [0.3, 0.4) is 0 Å². The topological polar surface area (TPSA) is 88.5 Å². The van der Waals surface area contributed by atoms with Gasteiger partial charge in [-0.1, -0.05) is 18.9 Å². The average Bonchev–Trinajstić information content (AvgIpc) is 2.68. The molecule has 1 aliphatic rings. The lowest BCUT2D eigenvalue weighted by molar-refractivity contribution is -0.145. The smallest absolute Gasteiger partial charge is 0.308 e. The number of pyridine rings is 1. The van der Waals surface area contributed by atoms with Crippen LogP contribution in [-0.4, -0.2) is 34.6 Å². The van der Waals surface area contributed by atoms with Crippen molar-refractivity contribution in [3.05, 3.63) is 48.2 Å². The van der Waals surface area contributed by atoms with Crippen LogP contribution in [0.5, 0.6) is 5.75 Å². The van der Waals surface area contributed by atoms with Gasteiger partial charge in [0.2, 0.25) is 0 Å². The minimum absolute atomic E-state index is 0.287. The van der Waals surface area contributed by atoms with Crippen molar-refractivity contribution in [3.63, 3.8) is 0 Å². The summed E-state index contributed by atoms with van der Waals surface area (Å²) in [6.07, 6.45) is 4.69. The quantitative estimate of drug-likeness (QED) is 0.843. The number of aromatic nitrogens is 1. The van der Waals surface area contributed by atoms with Crippen LogP contribution in [0.4, 0.5) is 0 Å². The summed E-state index contributed by atoms with van der Waals surface area (Å²) in [6, 6.07) is 10.7. The Morgan fingerprint density at radius 1 is 1.26 bits per heavy atom. The summed E-state index contributed by atoms with van der Waals surface area (Å²) in [5, 5.41) is 12.5. The van der Waals surface area contributed by atoms with E-state index in [0.717, 1.165) is 12.8 Å². The number of carboxylic acid groups (broad SMARTS) is 1. The molecule has 0 spiro atoms. The lowest BCUT2D eigenvalue weighted by Gasteiger charge is -2.39. The highest BCUT2D eigenvalue weighted by Crippen LogP contribution is 2.35. The Kier molecular flexibility index (Phi) is 5.44. The number of amides is 1. The summed E-state index contributed by atoms with van der Waals surface area (Å²) in [5.74, 6) is -1.10. The molecule has 6 nitrogen and oxygen atoms in total. The standard InChI is InChI=1S/C21H24N2O4/c1-21(11-5-3-7-16(21)20(25)26)23-19(24)14-9-10-18(27-2)15(13-14)17-8-4-6-12-22-17/h4,6,8-10,12-13,16H,3,5,7,11H2,1-2H3,(H,23,24)(H,25,26). The fourth-order valence-corrected chi connectivity index (χ4v) is 3.78. The molecule has 2 aromatic rings. The van der Waals surface area contributed by atoms with Crippen LogP contribution >= 0.6 is 0 Å². The largest absolute Gasteiger partial charge is 0.496 e. The third kappa shape index (κ3) is 3.94. The van der Waals surface area contributed by atoms with Crippen LogP contribution < -0.4 is 10.1 Å². The molecule has 0 bridgehead atoms. The molecule has 1 aromatic carbocycles. The molecule has 27 heavy (non-hydrogen) atoms. The van der Waals surface area contributed by atoms with Gasteiger partial charge in [-0.2, -0.15) is 0 Å². The lowest BCUT2D eigenvalue weighted by atomic mass is 9.73. The molecular weight excluding hydrogens is 344 g/mol. The number of hydrogen-bond acceptors (Lipinski definition) is 4. The number of nitrogens with one attached hydrogen (secondary N) is 1. The Morgan fingerprint density at radius 3 is 2.74 bits per heavy atom. The molecule has 2 atom stereocenters. The van der Waals surface area contributed by atoms with Crippen molar-refractivity contribution in [1.82, 2.24) is 10.3 Å². The van der Waals surface area contributed by atoms with Gasteiger partial charge in [0.15, 0.2) is 0 Å². The summed E-state index contributed by atoms with van der Waals surface area (Å²) < 4.78 is 5.40. The molecule has 1 aromatic heterocycles. The molecule has 1 saturated carbocycles. The summed E-state index contributed by atoms with van der Waals surface area (Å²) >= 11 is 0. The average molecular weight is 368 g/mol. The highest BCUT2D eigenvalue weighted by Gasteiger charge is 2.42.